The van der Waals surface area contributed by atoms with E-state index in [1.807, 2.05) is 0 Å². The van der Waals surface area contributed by atoms with Gasteiger partial charge in [-0.25, -0.2) is 0 Å². The van der Waals surface area contributed by atoms with Crippen LogP contribution in [-0.2, 0) is 0 Å². The molecule has 0 unspecified atom stereocenters. The summed E-state index contributed by atoms with van der Waals surface area (Å²) in [5, 5.41) is 3.21. The molecule has 4 heteroatoms. The van der Waals surface area contributed by atoms with Crippen LogP contribution in [0.1, 0.15) is 46.5 Å². The first-order valence-electron chi connectivity index (χ1n) is 5.99. The number of rotatable bonds is 3. The average Bonchev–Trinajstić information content (AvgIpc) is 2.92. The van der Waals surface area contributed by atoms with Crippen molar-refractivity contribution in [3.63, 3.8) is 0 Å². The minimum atomic E-state index is 0. The summed E-state index contributed by atoms with van der Waals surface area (Å²) in [5.41, 5.74) is 6.43. The van der Waals surface area contributed by atoms with E-state index in [9.17, 15) is 0 Å². The Kier molecular flexibility index (Phi) is 4.13. The van der Waals surface area contributed by atoms with E-state index in [4.69, 9.17) is 5.73 Å². The average molecular weight is 337 g/mol. The van der Waals surface area contributed by atoms with Gasteiger partial charge in [0.1, 0.15) is 0 Å². The van der Waals surface area contributed by atoms with Crippen molar-refractivity contribution in [2.75, 3.05) is 6.54 Å². The van der Waals surface area contributed by atoms with Gasteiger partial charge in [-0.05, 0) is 57.8 Å². The van der Waals surface area contributed by atoms with Crippen LogP contribution in [0, 0.1) is 11.3 Å². The molecule has 2 aliphatic carbocycles. The third-order valence-corrected chi connectivity index (χ3v) is 3.40. The zero-order chi connectivity index (χ0) is 11.1. The molecule has 0 aromatic carbocycles. The molecule has 0 aromatic heterocycles. The van der Waals surface area contributed by atoms with Crippen LogP contribution in [0.2, 0.25) is 0 Å². The van der Waals surface area contributed by atoms with Gasteiger partial charge in [0.25, 0.3) is 0 Å². The minimum Gasteiger partial charge on any atom is -0.370 e. The maximum atomic E-state index is 5.85. The lowest BCUT2D eigenvalue weighted by Gasteiger charge is -2.21. The first-order valence-corrected chi connectivity index (χ1v) is 5.99. The van der Waals surface area contributed by atoms with E-state index in [1.165, 1.54) is 25.7 Å². The van der Waals surface area contributed by atoms with Gasteiger partial charge in [0.05, 0.1) is 0 Å². The smallest absolute Gasteiger partial charge is 0.189 e. The molecule has 0 atom stereocenters. The van der Waals surface area contributed by atoms with Crippen molar-refractivity contribution in [1.82, 2.24) is 5.32 Å². The van der Waals surface area contributed by atoms with Crippen LogP contribution >= 0.6 is 24.0 Å². The zero-order valence-corrected chi connectivity index (χ0v) is 12.9. The van der Waals surface area contributed by atoms with Crippen molar-refractivity contribution >= 4 is 29.9 Å². The molecule has 16 heavy (non-hydrogen) atoms. The highest BCUT2D eigenvalue weighted by Crippen LogP contribution is 2.61. The monoisotopic (exact) mass is 337 g/mol. The number of halogens is 1. The van der Waals surface area contributed by atoms with Gasteiger partial charge in [-0.3, -0.25) is 4.99 Å². The van der Waals surface area contributed by atoms with Crippen LogP contribution in [0.4, 0.5) is 0 Å². The normalized spacial score (nSPS) is 23.6. The summed E-state index contributed by atoms with van der Waals surface area (Å²) in [5.74, 6) is 1.57. The van der Waals surface area contributed by atoms with E-state index in [-0.39, 0.29) is 29.5 Å². The molecule has 0 aliphatic heterocycles. The summed E-state index contributed by atoms with van der Waals surface area (Å²) in [6, 6.07) is 0. The summed E-state index contributed by atoms with van der Waals surface area (Å²) >= 11 is 0. The molecule has 2 saturated carbocycles. The molecule has 3 nitrogen and oxygen atoms in total. The van der Waals surface area contributed by atoms with E-state index in [0.29, 0.717) is 11.4 Å². The highest BCUT2D eigenvalue weighted by atomic mass is 127. The number of guanidine groups is 1. The SMILES string of the molecule is CC(C)(C)NC(N)=NCC1(C2CC2)CC1.I. The predicted octanol–water partition coefficient (Wildman–Crippen LogP) is 2.50. The molecular formula is C12H24IN3. The Bertz CT molecular complexity index is 272. The maximum Gasteiger partial charge on any atom is 0.189 e. The summed E-state index contributed by atoms with van der Waals surface area (Å²) in [7, 11) is 0. The molecule has 0 bridgehead atoms. The molecule has 0 amide bonds. The number of nitrogens with one attached hydrogen (secondary N) is 1. The fourth-order valence-electron chi connectivity index (χ4n) is 2.22. The Hall–Kier alpha value is 0. The highest BCUT2D eigenvalue weighted by Gasteiger charge is 2.53. The third kappa shape index (κ3) is 3.79. The van der Waals surface area contributed by atoms with Gasteiger partial charge in [0.15, 0.2) is 5.96 Å². The van der Waals surface area contributed by atoms with Crippen molar-refractivity contribution in [1.29, 1.82) is 0 Å². The lowest BCUT2D eigenvalue weighted by Crippen LogP contribution is -2.45. The molecule has 0 saturated heterocycles. The van der Waals surface area contributed by atoms with E-state index in [2.05, 4.69) is 31.1 Å². The fourth-order valence-corrected chi connectivity index (χ4v) is 2.22. The molecule has 2 fully saturated rings. The Morgan fingerprint density at radius 2 is 1.94 bits per heavy atom. The minimum absolute atomic E-state index is 0. The third-order valence-electron chi connectivity index (χ3n) is 3.40. The lowest BCUT2D eigenvalue weighted by molar-refractivity contribution is 0.449. The summed E-state index contributed by atoms with van der Waals surface area (Å²) in [6.07, 6.45) is 5.57. The second-order valence-corrected chi connectivity index (χ2v) is 6.21. The Morgan fingerprint density at radius 1 is 1.38 bits per heavy atom. The molecule has 2 aliphatic rings. The summed E-state index contributed by atoms with van der Waals surface area (Å²) in [4.78, 5) is 4.49. The second-order valence-electron chi connectivity index (χ2n) is 6.21. The van der Waals surface area contributed by atoms with Crippen molar-refractivity contribution in [3.8, 4) is 0 Å². The van der Waals surface area contributed by atoms with Crippen molar-refractivity contribution in [3.05, 3.63) is 0 Å². The Morgan fingerprint density at radius 3 is 2.31 bits per heavy atom. The molecule has 0 radical (unpaired) electrons. The predicted molar refractivity (Wildman–Crippen MR) is 79.2 cm³/mol. The number of hydrogen-bond donors (Lipinski definition) is 2. The number of nitrogens with two attached hydrogens (primary N) is 1. The topological polar surface area (TPSA) is 50.4 Å². The van der Waals surface area contributed by atoms with E-state index < -0.39 is 0 Å². The lowest BCUT2D eigenvalue weighted by atomic mass is 10.0. The van der Waals surface area contributed by atoms with Crippen LogP contribution in [0.25, 0.3) is 0 Å². The van der Waals surface area contributed by atoms with Gasteiger partial charge in [0, 0.05) is 12.1 Å². The van der Waals surface area contributed by atoms with E-state index in [0.717, 1.165) is 12.5 Å². The molecule has 3 N–H and O–H groups in total. The highest BCUT2D eigenvalue weighted by molar-refractivity contribution is 14.0. The molecular weight excluding hydrogens is 313 g/mol. The number of nitrogens with zero attached hydrogens (tertiary/aromatic N) is 1. The maximum absolute atomic E-state index is 5.85. The van der Waals surface area contributed by atoms with Gasteiger partial charge < -0.3 is 11.1 Å². The van der Waals surface area contributed by atoms with Crippen LogP contribution in [0.3, 0.4) is 0 Å². The van der Waals surface area contributed by atoms with Crippen LogP contribution in [-0.4, -0.2) is 18.0 Å². The van der Waals surface area contributed by atoms with Crippen LogP contribution in [0.15, 0.2) is 4.99 Å². The molecule has 2 rings (SSSR count). The number of hydrogen-bond acceptors (Lipinski definition) is 1. The second kappa shape index (κ2) is 4.70. The summed E-state index contributed by atoms with van der Waals surface area (Å²) < 4.78 is 0. The van der Waals surface area contributed by atoms with Gasteiger partial charge >= 0.3 is 0 Å². The van der Waals surface area contributed by atoms with Crippen molar-refractivity contribution in [2.45, 2.75) is 52.0 Å². The number of aliphatic imine (C=N–C) groups is 1. The Balaban J connectivity index is 0.00000128. The Labute approximate surface area is 116 Å². The van der Waals surface area contributed by atoms with Gasteiger partial charge in [0.2, 0.25) is 0 Å². The van der Waals surface area contributed by atoms with Crippen LogP contribution in [0.5, 0.6) is 0 Å². The van der Waals surface area contributed by atoms with Crippen LogP contribution < -0.4 is 11.1 Å². The van der Waals surface area contributed by atoms with E-state index in [1.54, 1.807) is 0 Å². The van der Waals surface area contributed by atoms with Gasteiger partial charge in [-0.15, -0.1) is 24.0 Å². The van der Waals surface area contributed by atoms with Crippen molar-refractivity contribution < 1.29 is 0 Å². The molecule has 0 spiro atoms. The van der Waals surface area contributed by atoms with Gasteiger partial charge in [-0.1, -0.05) is 0 Å². The molecule has 0 aromatic rings. The standard InChI is InChI=1S/C12H23N3.HI/c1-11(2,3)15-10(13)14-8-12(6-7-12)9-4-5-9;/h9H,4-8H2,1-3H3,(H3,13,14,15);1H. The zero-order valence-electron chi connectivity index (χ0n) is 10.5. The fraction of sp³-hybridized carbons (Fsp3) is 0.917. The molecule has 0 heterocycles. The quantitative estimate of drug-likeness (QED) is 0.472. The largest absolute Gasteiger partial charge is 0.370 e. The van der Waals surface area contributed by atoms with E-state index >= 15 is 0 Å². The first kappa shape index (κ1) is 14.1. The first-order chi connectivity index (χ1) is 6.91. The van der Waals surface area contributed by atoms with Gasteiger partial charge in [-0.2, -0.15) is 0 Å². The summed E-state index contributed by atoms with van der Waals surface area (Å²) in [6.45, 7) is 7.24. The molecule has 94 valence electrons. The van der Waals surface area contributed by atoms with Crippen molar-refractivity contribution in [2.24, 2.45) is 22.1 Å².